The van der Waals surface area contributed by atoms with Crippen molar-refractivity contribution in [3.63, 3.8) is 0 Å². The van der Waals surface area contributed by atoms with Gasteiger partial charge in [-0.15, -0.1) is 11.6 Å². The molecule has 0 aliphatic heterocycles. The minimum absolute atomic E-state index is 0.0513. The predicted octanol–water partition coefficient (Wildman–Crippen LogP) is 4.67. The van der Waals surface area contributed by atoms with Crippen LogP contribution in [0.5, 0.6) is 0 Å². The summed E-state index contributed by atoms with van der Waals surface area (Å²) in [6.45, 7) is 1.91. The van der Waals surface area contributed by atoms with E-state index in [4.69, 9.17) is 21.6 Å². The van der Waals surface area contributed by atoms with Gasteiger partial charge in [-0.05, 0) is 81.1 Å². The largest absolute Gasteiger partial charge is 0.462 e. The lowest BCUT2D eigenvalue weighted by Crippen LogP contribution is -2.57. The molecule has 29 heavy (non-hydrogen) atoms. The molecule has 5 rings (SSSR count). The molecule has 4 saturated carbocycles. The highest BCUT2D eigenvalue weighted by Crippen LogP contribution is 2.64. The number of hydrogen-bond donors (Lipinski definition) is 1. The van der Waals surface area contributed by atoms with E-state index < -0.39 is 5.97 Å². The van der Waals surface area contributed by atoms with Gasteiger partial charge in [0.2, 0.25) is 5.91 Å². The monoisotopic (exact) mass is 412 g/mol. The number of ether oxygens (including phenoxy) is 1. The van der Waals surface area contributed by atoms with Crippen molar-refractivity contribution in [3.8, 4) is 6.07 Å². The van der Waals surface area contributed by atoms with Gasteiger partial charge < -0.3 is 10.1 Å². The molecule has 0 spiro atoms. The zero-order valence-electron chi connectivity index (χ0n) is 16.5. The van der Waals surface area contributed by atoms with Crippen LogP contribution in [0.25, 0.3) is 6.08 Å². The first-order valence-electron chi connectivity index (χ1n) is 10.2. The van der Waals surface area contributed by atoms with Gasteiger partial charge in [0.15, 0.2) is 0 Å². The maximum atomic E-state index is 13.2. The van der Waals surface area contributed by atoms with Gasteiger partial charge in [-0.3, -0.25) is 4.79 Å². The van der Waals surface area contributed by atoms with Crippen LogP contribution in [0.15, 0.2) is 29.8 Å². The number of anilines is 1. The fourth-order valence-corrected chi connectivity index (χ4v) is 6.55. The Hall–Kier alpha value is -2.32. The van der Waals surface area contributed by atoms with Crippen LogP contribution in [0.3, 0.4) is 0 Å². The number of carbonyl (C=O) groups is 2. The van der Waals surface area contributed by atoms with Crippen molar-refractivity contribution in [1.82, 2.24) is 0 Å². The molecule has 1 N–H and O–H groups in total. The van der Waals surface area contributed by atoms with Gasteiger partial charge in [-0.1, -0.05) is 12.1 Å². The first-order chi connectivity index (χ1) is 13.8. The maximum absolute atomic E-state index is 13.2. The Bertz CT molecular complexity index is 886. The fourth-order valence-electron chi connectivity index (χ4n) is 5.86. The molecule has 0 aromatic heterocycles. The van der Waals surface area contributed by atoms with E-state index in [1.165, 1.54) is 12.5 Å². The number of nitriles is 1. The molecule has 4 aliphatic carbocycles. The van der Waals surface area contributed by atoms with Crippen molar-refractivity contribution in [1.29, 1.82) is 5.26 Å². The Labute approximate surface area is 176 Å². The van der Waals surface area contributed by atoms with Gasteiger partial charge in [-0.25, -0.2) is 4.79 Å². The molecule has 4 fully saturated rings. The molecule has 1 aromatic carbocycles. The third-order valence-corrected chi connectivity index (χ3v) is 7.01. The summed E-state index contributed by atoms with van der Waals surface area (Å²) in [5.74, 6) is 0.576. The molecule has 4 bridgehead atoms. The molecule has 6 heteroatoms. The zero-order chi connectivity index (χ0) is 20.6. The number of nitrogens with zero attached hydrogens (tertiary/aromatic N) is 1. The van der Waals surface area contributed by atoms with Crippen molar-refractivity contribution >= 4 is 35.2 Å². The number of amides is 1. The van der Waals surface area contributed by atoms with Crippen LogP contribution in [-0.4, -0.2) is 23.4 Å². The highest BCUT2D eigenvalue weighted by molar-refractivity contribution is 6.24. The zero-order valence-corrected chi connectivity index (χ0v) is 17.3. The average molecular weight is 413 g/mol. The lowest BCUT2D eigenvalue weighted by atomic mass is 9.49. The summed E-state index contributed by atoms with van der Waals surface area (Å²) < 4.78 is 4.87. The number of carbonyl (C=O) groups excluding carboxylic acids is 2. The number of benzene rings is 1. The van der Waals surface area contributed by atoms with Crippen LogP contribution in [0.4, 0.5) is 5.69 Å². The molecular formula is C23H25ClN2O3. The summed E-state index contributed by atoms with van der Waals surface area (Å²) in [6.07, 6.45) is 7.44. The van der Waals surface area contributed by atoms with Gasteiger partial charge in [0.25, 0.3) is 0 Å². The number of hydrogen-bond acceptors (Lipinski definition) is 4. The Balaban J connectivity index is 1.46. The lowest BCUT2D eigenvalue weighted by Gasteiger charge is -2.59. The van der Waals surface area contributed by atoms with E-state index >= 15 is 0 Å². The van der Waals surface area contributed by atoms with E-state index in [0.29, 0.717) is 23.1 Å². The summed E-state index contributed by atoms with van der Waals surface area (Å²) in [4.78, 5) is 24.7. The van der Waals surface area contributed by atoms with Gasteiger partial charge in [0, 0.05) is 10.6 Å². The third-order valence-electron chi connectivity index (χ3n) is 6.57. The van der Waals surface area contributed by atoms with Crippen molar-refractivity contribution in [2.45, 2.75) is 50.3 Å². The average Bonchev–Trinajstić information content (AvgIpc) is 2.65. The van der Waals surface area contributed by atoms with Crippen molar-refractivity contribution in [2.24, 2.45) is 17.3 Å². The minimum Gasteiger partial charge on any atom is -0.462 e. The second-order valence-corrected chi connectivity index (χ2v) is 9.66. The van der Waals surface area contributed by atoms with Gasteiger partial charge in [0.05, 0.1) is 12.0 Å². The Morgan fingerprint density at radius 3 is 2.45 bits per heavy atom. The summed E-state index contributed by atoms with van der Waals surface area (Å²) in [5.41, 5.74) is 1.01. The number of esters is 1. The van der Waals surface area contributed by atoms with E-state index in [0.717, 1.165) is 32.1 Å². The third kappa shape index (κ3) is 3.91. The molecule has 0 saturated heterocycles. The molecule has 0 heterocycles. The topological polar surface area (TPSA) is 79.2 Å². The van der Waals surface area contributed by atoms with E-state index in [2.05, 4.69) is 5.32 Å². The molecule has 4 aliphatic rings. The van der Waals surface area contributed by atoms with E-state index in [1.54, 1.807) is 31.2 Å². The normalized spacial score (nSPS) is 32.5. The van der Waals surface area contributed by atoms with Gasteiger partial charge in [0.1, 0.15) is 11.6 Å². The maximum Gasteiger partial charge on any atom is 0.348 e. The van der Waals surface area contributed by atoms with Gasteiger partial charge in [-0.2, -0.15) is 5.26 Å². The number of alkyl halides is 1. The lowest BCUT2D eigenvalue weighted by molar-refractivity contribution is -0.139. The van der Waals surface area contributed by atoms with Crippen molar-refractivity contribution in [3.05, 3.63) is 35.4 Å². The first kappa shape index (κ1) is 20.0. The predicted molar refractivity (Wildman–Crippen MR) is 111 cm³/mol. The van der Waals surface area contributed by atoms with Crippen molar-refractivity contribution < 1.29 is 14.3 Å². The van der Waals surface area contributed by atoms with E-state index in [1.807, 2.05) is 6.07 Å². The smallest absolute Gasteiger partial charge is 0.348 e. The molecule has 5 nitrogen and oxygen atoms in total. The molecule has 152 valence electrons. The summed E-state index contributed by atoms with van der Waals surface area (Å²) in [7, 11) is 0. The Morgan fingerprint density at radius 1 is 1.24 bits per heavy atom. The van der Waals surface area contributed by atoms with E-state index in [-0.39, 0.29) is 28.4 Å². The second-order valence-electron chi connectivity index (χ2n) is 8.86. The SMILES string of the molecule is CCOC(=O)C(C#N)=Cc1ccc(NC(=O)C23CC4CC(CC(Cl)(C4)C2)C3)cc1. The minimum atomic E-state index is -0.635. The molecule has 0 radical (unpaired) electrons. The van der Waals surface area contributed by atoms with Gasteiger partial charge >= 0.3 is 5.97 Å². The first-order valence-corrected chi connectivity index (χ1v) is 10.6. The number of halogens is 1. The van der Waals surface area contributed by atoms with Crippen molar-refractivity contribution in [2.75, 3.05) is 11.9 Å². The highest BCUT2D eigenvalue weighted by atomic mass is 35.5. The standard InChI is InChI=1S/C23H25ClN2O3/c1-2-29-20(27)18(13-25)8-15-3-5-19(6-4-15)26-21(28)22-9-16-7-17(10-22)12-23(24,11-16)14-22/h3-6,8,16-17H,2,7,9-12,14H2,1H3,(H,26,28). The van der Waals surface area contributed by atoms with Crippen LogP contribution in [0.2, 0.25) is 0 Å². The highest BCUT2D eigenvalue weighted by Gasteiger charge is 2.60. The number of rotatable bonds is 5. The number of nitrogens with one attached hydrogen (secondary N) is 1. The summed E-state index contributed by atoms with van der Waals surface area (Å²) >= 11 is 6.85. The summed E-state index contributed by atoms with van der Waals surface area (Å²) in [5, 5.41) is 12.2. The fraction of sp³-hybridized carbons (Fsp3) is 0.522. The van der Waals surface area contributed by atoms with Crippen LogP contribution in [-0.2, 0) is 14.3 Å². The second kappa shape index (κ2) is 7.50. The molecule has 2 unspecified atom stereocenters. The quantitative estimate of drug-likeness (QED) is 0.330. The van der Waals surface area contributed by atoms with Crippen LogP contribution in [0.1, 0.15) is 51.0 Å². The Kier molecular flexibility index (Phi) is 5.16. The molecular weight excluding hydrogens is 388 g/mol. The molecule has 1 aromatic rings. The van der Waals surface area contributed by atoms with Crippen LogP contribution >= 0.6 is 11.6 Å². The van der Waals surface area contributed by atoms with E-state index in [9.17, 15) is 9.59 Å². The molecule has 2 atom stereocenters. The summed E-state index contributed by atoms with van der Waals surface area (Å²) in [6, 6.07) is 8.99. The van der Waals surface area contributed by atoms with Crippen LogP contribution < -0.4 is 5.32 Å². The Morgan fingerprint density at radius 2 is 1.90 bits per heavy atom. The van der Waals surface area contributed by atoms with Crippen LogP contribution in [0, 0.1) is 28.6 Å². The molecule has 1 amide bonds.